The minimum absolute atomic E-state index is 0.700. The van der Waals surface area contributed by atoms with Gasteiger partial charge < -0.3 is 10.1 Å². The first-order valence-corrected chi connectivity index (χ1v) is 8.04. The van der Waals surface area contributed by atoms with E-state index in [4.69, 9.17) is 4.74 Å². The first-order chi connectivity index (χ1) is 9.85. The molecule has 1 N–H and O–H groups in total. The Labute approximate surface area is 122 Å². The van der Waals surface area contributed by atoms with Crippen LogP contribution in [0.1, 0.15) is 38.2 Å². The molecular formula is C17H26N2O. The molecule has 0 radical (unpaired) electrons. The molecule has 0 spiro atoms. The lowest BCUT2D eigenvalue weighted by Crippen LogP contribution is -2.38. The number of hydrogen-bond acceptors (Lipinski definition) is 3. The molecule has 1 aromatic carbocycles. The Balaban J connectivity index is 1.61. The Morgan fingerprint density at radius 3 is 2.90 bits per heavy atom. The smallest absolute Gasteiger partial charge is 0.119 e. The maximum absolute atomic E-state index is 5.61. The highest BCUT2D eigenvalue weighted by molar-refractivity contribution is 5.28. The zero-order valence-electron chi connectivity index (χ0n) is 12.5. The molecule has 1 aliphatic carbocycles. The van der Waals surface area contributed by atoms with Gasteiger partial charge in [-0.1, -0.05) is 12.1 Å². The van der Waals surface area contributed by atoms with E-state index in [1.165, 1.54) is 44.3 Å². The van der Waals surface area contributed by atoms with Crippen LogP contribution >= 0.6 is 0 Å². The molecular weight excluding hydrogens is 248 g/mol. The molecule has 20 heavy (non-hydrogen) atoms. The number of hydrogen-bond donors (Lipinski definition) is 1. The molecule has 110 valence electrons. The zero-order valence-corrected chi connectivity index (χ0v) is 12.5. The van der Waals surface area contributed by atoms with Gasteiger partial charge in [-0.15, -0.1) is 0 Å². The van der Waals surface area contributed by atoms with Crippen molar-refractivity contribution in [1.29, 1.82) is 0 Å². The van der Waals surface area contributed by atoms with Gasteiger partial charge in [0.05, 0.1) is 6.61 Å². The summed E-state index contributed by atoms with van der Waals surface area (Å²) in [6, 6.07) is 10.1. The molecule has 1 saturated heterocycles. The van der Waals surface area contributed by atoms with Gasteiger partial charge in [0.1, 0.15) is 5.75 Å². The molecule has 2 aliphatic rings. The maximum Gasteiger partial charge on any atom is 0.119 e. The van der Waals surface area contributed by atoms with E-state index >= 15 is 0 Å². The van der Waals surface area contributed by atoms with Crippen molar-refractivity contribution in [3.8, 4) is 5.75 Å². The quantitative estimate of drug-likeness (QED) is 0.827. The Morgan fingerprint density at radius 1 is 1.30 bits per heavy atom. The van der Waals surface area contributed by atoms with Gasteiger partial charge in [0, 0.05) is 25.2 Å². The van der Waals surface area contributed by atoms with Crippen LogP contribution < -0.4 is 10.1 Å². The van der Waals surface area contributed by atoms with Crippen LogP contribution in [0.25, 0.3) is 0 Å². The van der Waals surface area contributed by atoms with Gasteiger partial charge in [-0.25, -0.2) is 0 Å². The Bertz CT molecular complexity index is 425. The predicted molar refractivity (Wildman–Crippen MR) is 82.1 cm³/mol. The SMILES string of the molecule is CCOc1cccc(CN(CC2CCCN2)C2CC2)c1. The second-order valence-corrected chi connectivity index (χ2v) is 6.03. The minimum Gasteiger partial charge on any atom is -0.494 e. The van der Waals surface area contributed by atoms with Crippen molar-refractivity contribution in [2.75, 3.05) is 19.7 Å². The molecule has 3 heteroatoms. The lowest BCUT2D eigenvalue weighted by Gasteiger charge is -2.25. The number of benzene rings is 1. The van der Waals surface area contributed by atoms with Crippen molar-refractivity contribution in [2.45, 2.75) is 51.2 Å². The van der Waals surface area contributed by atoms with Crippen molar-refractivity contribution in [2.24, 2.45) is 0 Å². The van der Waals surface area contributed by atoms with Gasteiger partial charge in [-0.2, -0.15) is 0 Å². The number of ether oxygens (including phenoxy) is 1. The maximum atomic E-state index is 5.61. The van der Waals surface area contributed by atoms with Gasteiger partial charge in [0.2, 0.25) is 0 Å². The molecule has 3 nitrogen and oxygen atoms in total. The molecule has 3 rings (SSSR count). The lowest BCUT2D eigenvalue weighted by atomic mass is 10.1. The van der Waals surface area contributed by atoms with Crippen LogP contribution in [-0.2, 0) is 6.54 Å². The lowest BCUT2D eigenvalue weighted by molar-refractivity contribution is 0.230. The third-order valence-corrected chi connectivity index (χ3v) is 4.28. The third kappa shape index (κ3) is 3.74. The van der Waals surface area contributed by atoms with Crippen LogP contribution in [0, 0.1) is 0 Å². The van der Waals surface area contributed by atoms with Crippen molar-refractivity contribution >= 4 is 0 Å². The Hall–Kier alpha value is -1.06. The van der Waals surface area contributed by atoms with E-state index in [9.17, 15) is 0 Å². The summed E-state index contributed by atoms with van der Waals surface area (Å²) in [5.41, 5.74) is 1.38. The van der Waals surface area contributed by atoms with E-state index in [2.05, 4.69) is 28.4 Å². The fraction of sp³-hybridized carbons (Fsp3) is 0.647. The fourth-order valence-corrected chi connectivity index (χ4v) is 3.11. The van der Waals surface area contributed by atoms with Gasteiger partial charge in [-0.05, 0) is 56.8 Å². The summed E-state index contributed by atoms with van der Waals surface area (Å²) in [5.74, 6) is 1.000. The fourth-order valence-electron chi connectivity index (χ4n) is 3.11. The van der Waals surface area contributed by atoms with Gasteiger partial charge >= 0.3 is 0 Å². The predicted octanol–water partition coefficient (Wildman–Crippen LogP) is 2.80. The molecule has 1 heterocycles. The molecule has 1 unspecified atom stereocenters. The monoisotopic (exact) mass is 274 g/mol. The van der Waals surface area contributed by atoms with Crippen LogP contribution in [0.15, 0.2) is 24.3 Å². The molecule has 0 amide bonds. The van der Waals surface area contributed by atoms with Gasteiger partial charge in [-0.3, -0.25) is 4.90 Å². The summed E-state index contributed by atoms with van der Waals surface area (Å²) < 4.78 is 5.61. The van der Waals surface area contributed by atoms with Crippen molar-refractivity contribution in [3.05, 3.63) is 29.8 Å². The van der Waals surface area contributed by atoms with Crippen LogP contribution in [0.4, 0.5) is 0 Å². The molecule has 1 aliphatic heterocycles. The van der Waals surface area contributed by atoms with Gasteiger partial charge in [0.25, 0.3) is 0 Å². The zero-order chi connectivity index (χ0) is 13.8. The Kier molecular flexibility index (Phi) is 4.58. The first-order valence-electron chi connectivity index (χ1n) is 8.04. The molecule has 1 saturated carbocycles. The third-order valence-electron chi connectivity index (χ3n) is 4.28. The Morgan fingerprint density at radius 2 is 2.20 bits per heavy atom. The topological polar surface area (TPSA) is 24.5 Å². The van der Waals surface area contributed by atoms with E-state index in [1.807, 2.05) is 13.0 Å². The number of nitrogens with one attached hydrogen (secondary N) is 1. The highest BCUT2D eigenvalue weighted by atomic mass is 16.5. The summed E-state index contributed by atoms with van der Waals surface area (Å²) in [7, 11) is 0. The molecule has 2 fully saturated rings. The summed E-state index contributed by atoms with van der Waals surface area (Å²) in [4.78, 5) is 2.66. The highest BCUT2D eigenvalue weighted by Crippen LogP contribution is 2.29. The summed E-state index contributed by atoms with van der Waals surface area (Å²) in [6.07, 6.45) is 5.42. The van der Waals surface area contributed by atoms with Gasteiger partial charge in [0.15, 0.2) is 0 Å². The molecule has 0 bridgehead atoms. The average molecular weight is 274 g/mol. The van der Waals surface area contributed by atoms with Crippen LogP contribution in [-0.4, -0.2) is 36.7 Å². The second kappa shape index (κ2) is 6.59. The number of nitrogens with zero attached hydrogens (tertiary/aromatic N) is 1. The van der Waals surface area contributed by atoms with E-state index in [-0.39, 0.29) is 0 Å². The van der Waals surface area contributed by atoms with Crippen molar-refractivity contribution in [1.82, 2.24) is 10.2 Å². The van der Waals surface area contributed by atoms with Crippen LogP contribution in [0.3, 0.4) is 0 Å². The van der Waals surface area contributed by atoms with E-state index < -0.39 is 0 Å². The van der Waals surface area contributed by atoms with Crippen molar-refractivity contribution in [3.63, 3.8) is 0 Å². The molecule has 1 aromatic rings. The number of rotatable bonds is 7. The van der Waals surface area contributed by atoms with Crippen molar-refractivity contribution < 1.29 is 4.74 Å². The molecule has 0 aromatic heterocycles. The summed E-state index contributed by atoms with van der Waals surface area (Å²) in [6.45, 7) is 6.23. The normalized spacial score (nSPS) is 22.4. The largest absolute Gasteiger partial charge is 0.494 e. The van der Waals surface area contributed by atoms with Crippen LogP contribution in [0.5, 0.6) is 5.75 Å². The summed E-state index contributed by atoms with van der Waals surface area (Å²) in [5, 5.41) is 3.62. The van der Waals surface area contributed by atoms with E-state index in [1.54, 1.807) is 0 Å². The minimum atomic E-state index is 0.700. The summed E-state index contributed by atoms with van der Waals surface area (Å²) >= 11 is 0. The van der Waals surface area contributed by atoms with Crippen LogP contribution in [0.2, 0.25) is 0 Å². The van der Waals surface area contributed by atoms with E-state index in [0.29, 0.717) is 6.04 Å². The molecule has 1 atom stereocenters. The second-order valence-electron chi connectivity index (χ2n) is 6.03. The average Bonchev–Trinajstić information content (AvgIpc) is 3.18. The standard InChI is InChI=1S/C17H26N2O/c1-2-20-17-7-3-5-14(11-17)12-19(16-8-9-16)13-15-6-4-10-18-15/h3,5,7,11,15-16,18H,2,4,6,8-10,12-13H2,1H3. The van der Waals surface area contributed by atoms with E-state index in [0.717, 1.165) is 24.9 Å². The highest BCUT2D eigenvalue weighted by Gasteiger charge is 2.31. The first kappa shape index (κ1) is 13.9.